The molecule has 0 fully saturated rings. The Bertz CT molecular complexity index is 669. The third kappa shape index (κ3) is 5.00. The summed E-state index contributed by atoms with van der Waals surface area (Å²) in [6, 6.07) is 5.15. The van der Waals surface area contributed by atoms with Crippen LogP contribution in [0, 0.1) is 5.41 Å². The van der Waals surface area contributed by atoms with Crippen molar-refractivity contribution >= 4 is 12.0 Å². The molecule has 1 aromatic carbocycles. The quantitative estimate of drug-likeness (QED) is 0.717. The van der Waals surface area contributed by atoms with Crippen LogP contribution in [0.5, 0.6) is 5.75 Å². The number of fused-ring (bicyclic) bond motifs is 1. The van der Waals surface area contributed by atoms with E-state index in [1.165, 1.54) is 6.08 Å². The lowest BCUT2D eigenvalue weighted by Crippen LogP contribution is -2.40. The summed E-state index contributed by atoms with van der Waals surface area (Å²) < 4.78 is 49.8. The Kier molecular flexibility index (Phi) is 5.49. The number of hydrogen-bond acceptors (Lipinski definition) is 3. The van der Waals surface area contributed by atoms with Crippen LogP contribution in [0.15, 0.2) is 23.8 Å². The Morgan fingerprint density at radius 2 is 1.92 bits per heavy atom. The first-order valence-corrected chi connectivity index (χ1v) is 8.26. The van der Waals surface area contributed by atoms with E-state index in [9.17, 15) is 18.0 Å². The van der Waals surface area contributed by atoms with E-state index in [2.05, 4.69) is 20.8 Å². The highest BCUT2D eigenvalue weighted by Crippen LogP contribution is 2.38. The smallest absolute Gasteiger partial charge is 0.430 e. The van der Waals surface area contributed by atoms with Gasteiger partial charge < -0.3 is 9.47 Å². The van der Waals surface area contributed by atoms with Crippen LogP contribution in [0.3, 0.4) is 0 Å². The molecule has 138 valence electrons. The zero-order chi connectivity index (χ0) is 18.8. The molecule has 1 unspecified atom stereocenters. The van der Waals surface area contributed by atoms with E-state index < -0.39 is 23.8 Å². The number of rotatable bonds is 4. The van der Waals surface area contributed by atoms with Crippen LogP contribution in [-0.4, -0.2) is 24.9 Å². The van der Waals surface area contributed by atoms with Gasteiger partial charge in [-0.3, -0.25) is 0 Å². The Hall–Kier alpha value is -1.98. The molecule has 1 heterocycles. The Labute approximate surface area is 145 Å². The maximum atomic E-state index is 13.3. The van der Waals surface area contributed by atoms with Crippen LogP contribution < -0.4 is 4.74 Å². The number of hydrogen-bond donors (Lipinski definition) is 0. The van der Waals surface area contributed by atoms with E-state index in [0.29, 0.717) is 5.56 Å². The number of carbonyl (C=O) groups excluding carboxylic acids is 1. The third-order valence-corrected chi connectivity index (χ3v) is 3.89. The molecule has 6 heteroatoms. The fourth-order valence-corrected chi connectivity index (χ4v) is 2.53. The Morgan fingerprint density at radius 3 is 2.48 bits per heavy atom. The molecule has 0 amide bonds. The molecule has 2 rings (SSSR count). The van der Waals surface area contributed by atoms with Crippen molar-refractivity contribution in [3.8, 4) is 5.75 Å². The van der Waals surface area contributed by atoms with Crippen molar-refractivity contribution in [3.63, 3.8) is 0 Å². The van der Waals surface area contributed by atoms with Gasteiger partial charge in [0, 0.05) is 5.56 Å². The van der Waals surface area contributed by atoms with E-state index in [1.54, 1.807) is 19.1 Å². The topological polar surface area (TPSA) is 35.5 Å². The van der Waals surface area contributed by atoms with Crippen molar-refractivity contribution in [2.24, 2.45) is 5.41 Å². The lowest BCUT2D eigenvalue weighted by atomic mass is 9.88. The van der Waals surface area contributed by atoms with Gasteiger partial charge in [0.05, 0.1) is 12.2 Å². The van der Waals surface area contributed by atoms with Gasteiger partial charge in [-0.1, -0.05) is 32.9 Å². The van der Waals surface area contributed by atoms with E-state index in [-0.39, 0.29) is 17.8 Å². The maximum absolute atomic E-state index is 13.3. The minimum absolute atomic E-state index is 0.000646. The minimum Gasteiger partial charge on any atom is -0.475 e. The standard InChI is InChI=1S/C19H23F3O3/c1-5-24-17(23)14-11-13-7-6-12(8-9-18(2,3)4)10-15(13)25-16(14)19(20,21)22/h6-7,10-11,16H,5,8-9H2,1-4H3. The molecule has 1 aliphatic rings. The molecular weight excluding hydrogens is 333 g/mol. The van der Waals surface area contributed by atoms with Gasteiger partial charge in [0.15, 0.2) is 0 Å². The van der Waals surface area contributed by atoms with Gasteiger partial charge in [0.25, 0.3) is 0 Å². The number of benzene rings is 1. The predicted octanol–water partition coefficient (Wildman–Crippen LogP) is 4.94. The monoisotopic (exact) mass is 356 g/mol. The van der Waals surface area contributed by atoms with Crippen molar-refractivity contribution in [2.75, 3.05) is 6.61 Å². The number of esters is 1. The first-order chi connectivity index (χ1) is 11.5. The van der Waals surface area contributed by atoms with Crippen molar-refractivity contribution in [3.05, 3.63) is 34.9 Å². The van der Waals surface area contributed by atoms with Gasteiger partial charge >= 0.3 is 12.1 Å². The SMILES string of the molecule is CCOC(=O)C1=Cc2ccc(CCC(C)(C)C)cc2OC1C(F)(F)F. The van der Waals surface area contributed by atoms with Crippen LogP contribution in [0.1, 0.15) is 45.2 Å². The molecule has 0 radical (unpaired) electrons. The fraction of sp³-hybridized carbons (Fsp3) is 0.526. The molecule has 1 aromatic rings. The molecule has 25 heavy (non-hydrogen) atoms. The average molecular weight is 356 g/mol. The summed E-state index contributed by atoms with van der Waals surface area (Å²) in [7, 11) is 0. The highest BCUT2D eigenvalue weighted by molar-refractivity contribution is 5.96. The normalized spacial score (nSPS) is 17.4. The van der Waals surface area contributed by atoms with Gasteiger partial charge in [-0.2, -0.15) is 13.2 Å². The van der Waals surface area contributed by atoms with E-state index in [1.807, 2.05) is 6.07 Å². The van der Waals surface area contributed by atoms with Crippen molar-refractivity contribution in [1.29, 1.82) is 0 Å². The number of carbonyl (C=O) groups is 1. The van der Waals surface area contributed by atoms with E-state index in [4.69, 9.17) is 9.47 Å². The molecular formula is C19H23F3O3. The largest absolute Gasteiger partial charge is 0.475 e. The number of aryl methyl sites for hydroxylation is 1. The highest BCUT2D eigenvalue weighted by atomic mass is 19.4. The van der Waals surface area contributed by atoms with E-state index in [0.717, 1.165) is 18.4 Å². The second-order valence-corrected chi connectivity index (χ2v) is 7.29. The first-order valence-electron chi connectivity index (χ1n) is 8.26. The van der Waals surface area contributed by atoms with Gasteiger partial charge in [-0.05, 0) is 42.9 Å². The van der Waals surface area contributed by atoms with Gasteiger partial charge in [0.1, 0.15) is 5.75 Å². The van der Waals surface area contributed by atoms with Crippen molar-refractivity contribution < 1.29 is 27.4 Å². The second kappa shape index (κ2) is 7.10. The summed E-state index contributed by atoms with van der Waals surface area (Å²) in [5.41, 5.74) is 0.956. The molecule has 0 bridgehead atoms. The molecule has 0 aromatic heterocycles. The molecule has 0 N–H and O–H groups in total. The zero-order valence-electron chi connectivity index (χ0n) is 14.9. The summed E-state index contributed by atoms with van der Waals surface area (Å²) >= 11 is 0. The maximum Gasteiger partial charge on any atom is 0.430 e. The Balaban J connectivity index is 2.34. The van der Waals surface area contributed by atoms with Crippen LogP contribution in [0.25, 0.3) is 6.08 Å². The first kappa shape index (κ1) is 19.3. The molecule has 0 saturated carbocycles. The molecule has 3 nitrogen and oxygen atoms in total. The number of ether oxygens (including phenoxy) is 2. The lowest BCUT2D eigenvalue weighted by molar-refractivity contribution is -0.187. The summed E-state index contributed by atoms with van der Waals surface area (Å²) in [6.45, 7) is 7.86. The van der Waals surface area contributed by atoms with Crippen LogP contribution in [-0.2, 0) is 16.0 Å². The number of halogens is 3. The van der Waals surface area contributed by atoms with E-state index >= 15 is 0 Å². The molecule has 0 aliphatic carbocycles. The van der Waals surface area contributed by atoms with Crippen LogP contribution >= 0.6 is 0 Å². The molecule has 0 spiro atoms. The van der Waals surface area contributed by atoms with Crippen molar-refractivity contribution in [1.82, 2.24) is 0 Å². The molecule has 0 saturated heterocycles. The third-order valence-electron chi connectivity index (χ3n) is 3.89. The van der Waals surface area contributed by atoms with Crippen molar-refractivity contribution in [2.45, 2.75) is 52.8 Å². The van der Waals surface area contributed by atoms with Gasteiger partial charge in [-0.25, -0.2) is 4.79 Å². The summed E-state index contributed by atoms with van der Waals surface area (Å²) in [4.78, 5) is 11.9. The fourth-order valence-electron chi connectivity index (χ4n) is 2.53. The van der Waals surface area contributed by atoms with Crippen LogP contribution in [0.4, 0.5) is 13.2 Å². The van der Waals surface area contributed by atoms with Gasteiger partial charge in [0.2, 0.25) is 6.10 Å². The Morgan fingerprint density at radius 1 is 1.24 bits per heavy atom. The lowest BCUT2D eigenvalue weighted by Gasteiger charge is -2.28. The van der Waals surface area contributed by atoms with Gasteiger partial charge in [-0.15, -0.1) is 0 Å². The van der Waals surface area contributed by atoms with Crippen LogP contribution in [0.2, 0.25) is 0 Å². The molecule has 1 aliphatic heterocycles. The average Bonchev–Trinajstić information content (AvgIpc) is 2.50. The summed E-state index contributed by atoms with van der Waals surface area (Å²) in [5.74, 6) is -0.867. The highest BCUT2D eigenvalue weighted by Gasteiger charge is 2.48. The summed E-state index contributed by atoms with van der Waals surface area (Å²) in [6.07, 6.45) is -4.15. The minimum atomic E-state index is -4.70. The molecule has 1 atom stereocenters. The second-order valence-electron chi connectivity index (χ2n) is 7.29. The summed E-state index contributed by atoms with van der Waals surface area (Å²) in [5, 5.41) is 0. The zero-order valence-corrected chi connectivity index (χ0v) is 14.9. The number of alkyl halides is 3. The predicted molar refractivity (Wildman–Crippen MR) is 89.3 cm³/mol.